The van der Waals surface area contributed by atoms with Crippen LogP contribution < -0.4 is 0 Å². The largest absolute Gasteiger partial charge is 0.465 e. The molecule has 0 radical (unpaired) electrons. The monoisotopic (exact) mass is 308 g/mol. The van der Waals surface area contributed by atoms with Crippen molar-refractivity contribution < 1.29 is 14.6 Å². The Morgan fingerprint density at radius 2 is 1.86 bits per heavy atom. The van der Waals surface area contributed by atoms with Crippen LogP contribution in [0.5, 0.6) is 0 Å². The number of carbonyl (C=O) groups is 1. The van der Waals surface area contributed by atoms with Crippen molar-refractivity contribution in [1.82, 2.24) is 0 Å². The third kappa shape index (κ3) is 2.60. The molecule has 0 aliphatic heterocycles. The number of rotatable bonds is 5. The van der Waals surface area contributed by atoms with E-state index in [0.29, 0.717) is 6.61 Å². The zero-order chi connectivity index (χ0) is 16.2. The Morgan fingerprint density at radius 1 is 1.27 bits per heavy atom. The first-order chi connectivity index (χ1) is 10.2. The second-order valence-corrected chi connectivity index (χ2v) is 9.22. The van der Waals surface area contributed by atoms with Crippen molar-refractivity contribution in [3.8, 4) is 0 Å². The first kappa shape index (κ1) is 16.3. The molecule has 4 saturated carbocycles. The van der Waals surface area contributed by atoms with Gasteiger partial charge in [-0.1, -0.05) is 13.8 Å². The van der Waals surface area contributed by atoms with Gasteiger partial charge >= 0.3 is 5.97 Å². The predicted octanol–water partition coefficient (Wildman–Crippen LogP) is 3.93. The van der Waals surface area contributed by atoms with E-state index in [4.69, 9.17) is 4.74 Å². The van der Waals surface area contributed by atoms with Crippen LogP contribution in [0, 0.1) is 28.6 Å². The van der Waals surface area contributed by atoms with Gasteiger partial charge in [0.15, 0.2) is 0 Å². The highest BCUT2D eigenvalue weighted by molar-refractivity contribution is 5.71. The molecule has 4 aliphatic carbocycles. The fraction of sp³-hybridized carbons (Fsp3) is 0.947. The van der Waals surface area contributed by atoms with Gasteiger partial charge in [-0.3, -0.25) is 4.79 Å². The minimum absolute atomic E-state index is 0.00263. The standard InChI is InChI=1S/C19H32O3/c1-5-13(2)16(20)22-12-18-7-14-6-15(8-18)10-19(9-14,11-18)17(3,4)21/h13-15,21H,5-12H2,1-4H3. The van der Waals surface area contributed by atoms with Gasteiger partial charge in [-0.2, -0.15) is 0 Å². The summed E-state index contributed by atoms with van der Waals surface area (Å²) in [5, 5.41) is 10.8. The molecule has 0 aromatic carbocycles. The predicted molar refractivity (Wildman–Crippen MR) is 86.3 cm³/mol. The molecule has 4 fully saturated rings. The van der Waals surface area contributed by atoms with E-state index in [9.17, 15) is 9.90 Å². The molecule has 3 unspecified atom stereocenters. The maximum atomic E-state index is 12.1. The average Bonchev–Trinajstić information content (AvgIpc) is 2.41. The molecule has 0 amide bonds. The Morgan fingerprint density at radius 3 is 2.36 bits per heavy atom. The summed E-state index contributed by atoms with van der Waals surface area (Å²) >= 11 is 0. The van der Waals surface area contributed by atoms with Crippen molar-refractivity contribution in [2.75, 3.05) is 6.61 Å². The summed E-state index contributed by atoms with van der Waals surface area (Å²) in [6.07, 6.45) is 7.89. The smallest absolute Gasteiger partial charge is 0.308 e. The number of hydrogen-bond donors (Lipinski definition) is 1. The second-order valence-electron chi connectivity index (χ2n) is 9.22. The molecule has 0 spiro atoms. The number of carbonyl (C=O) groups excluding carboxylic acids is 1. The van der Waals surface area contributed by atoms with Crippen LogP contribution in [-0.2, 0) is 9.53 Å². The van der Waals surface area contributed by atoms with E-state index >= 15 is 0 Å². The first-order valence-electron chi connectivity index (χ1n) is 9.08. The Labute approximate surface area is 134 Å². The lowest BCUT2D eigenvalue weighted by Gasteiger charge is -2.65. The van der Waals surface area contributed by atoms with Gasteiger partial charge in [0.1, 0.15) is 0 Å². The van der Waals surface area contributed by atoms with Crippen molar-refractivity contribution in [1.29, 1.82) is 0 Å². The topological polar surface area (TPSA) is 46.5 Å². The SMILES string of the molecule is CCC(C)C(=O)OCC12CC3CC(C1)CC(C(C)(C)O)(C3)C2. The van der Waals surface area contributed by atoms with Crippen LogP contribution in [-0.4, -0.2) is 23.3 Å². The zero-order valence-corrected chi connectivity index (χ0v) is 14.7. The van der Waals surface area contributed by atoms with Gasteiger partial charge in [0.2, 0.25) is 0 Å². The molecule has 4 bridgehead atoms. The molecule has 3 heteroatoms. The molecule has 0 heterocycles. The fourth-order valence-electron chi connectivity index (χ4n) is 5.87. The van der Waals surface area contributed by atoms with Crippen LogP contribution in [0.1, 0.15) is 72.6 Å². The minimum atomic E-state index is -0.628. The number of hydrogen-bond acceptors (Lipinski definition) is 3. The van der Waals surface area contributed by atoms with Crippen molar-refractivity contribution >= 4 is 5.97 Å². The Hall–Kier alpha value is -0.570. The van der Waals surface area contributed by atoms with E-state index in [2.05, 4.69) is 0 Å². The molecule has 126 valence electrons. The van der Waals surface area contributed by atoms with Gasteiger partial charge in [0, 0.05) is 5.41 Å². The summed E-state index contributed by atoms with van der Waals surface area (Å²) in [7, 11) is 0. The molecular formula is C19H32O3. The van der Waals surface area contributed by atoms with E-state index in [1.165, 1.54) is 19.3 Å². The molecule has 0 aromatic rings. The Bertz CT molecular complexity index is 434. The molecule has 1 N–H and O–H groups in total. The highest BCUT2D eigenvalue weighted by Gasteiger charge is 2.62. The summed E-state index contributed by atoms with van der Waals surface area (Å²) in [6.45, 7) is 8.51. The molecule has 0 saturated heterocycles. The maximum Gasteiger partial charge on any atom is 0.308 e. The van der Waals surface area contributed by atoms with E-state index in [-0.39, 0.29) is 22.7 Å². The molecule has 4 rings (SSSR count). The van der Waals surface area contributed by atoms with Gasteiger partial charge in [-0.15, -0.1) is 0 Å². The van der Waals surface area contributed by atoms with Crippen molar-refractivity contribution in [2.24, 2.45) is 28.6 Å². The van der Waals surface area contributed by atoms with Crippen molar-refractivity contribution in [3.05, 3.63) is 0 Å². The minimum Gasteiger partial charge on any atom is -0.465 e. The average molecular weight is 308 g/mol. The summed E-state index contributed by atoms with van der Waals surface area (Å²) in [5.74, 6) is 1.39. The Balaban J connectivity index is 1.75. The summed E-state index contributed by atoms with van der Waals surface area (Å²) in [4.78, 5) is 12.1. The van der Waals surface area contributed by atoms with Crippen LogP contribution in [0.4, 0.5) is 0 Å². The highest BCUT2D eigenvalue weighted by Crippen LogP contribution is 2.68. The van der Waals surface area contributed by atoms with Crippen LogP contribution in [0.2, 0.25) is 0 Å². The lowest BCUT2D eigenvalue weighted by Crippen LogP contribution is -2.60. The quantitative estimate of drug-likeness (QED) is 0.783. The molecule has 3 nitrogen and oxygen atoms in total. The third-order valence-electron chi connectivity index (χ3n) is 7.02. The van der Waals surface area contributed by atoms with Crippen LogP contribution in [0.3, 0.4) is 0 Å². The third-order valence-corrected chi connectivity index (χ3v) is 7.02. The normalized spacial score (nSPS) is 41.5. The van der Waals surface area contributed by atoms with E-state index < -0.39 is 5.60 Å². The first-order valence-corrected chi connectivity index (χ1v) is 9.08. The number of aliphatic hydroxyl groups is 1. The van der Waals surface area contributed by atoms with E-state index in [1.54, 1.807) is 0 Å². The second kappa shape index (κ2) is 5.22. The van der Waals surface area contributed by atoms with Gasteiger partial charge in [-0.25, -0.2) is 0 Å². The summed E-state index contributed by atoms with van der Waals surface area (Å²) in [6, 6.07) is 0. The summed E-state index contributed by atoms with van der Waals surface area (Å²) < 4.78 is 5.72. The molecule has 4 aliphatic rings. The van der Waals surface area contributed by atoms with Gasteiger partial charge in [-0.05, 0) is 76.0 Å². The van der Waals surface area contributed by atoms with Crippen molar-refractivity contribution in [3.63, 3.8) is 0 Å². The van der Waals surface area contributed by atoms with Crippen LogP contribution >= 0.6 is 0 Å². The van der Waals surface area contributed by atoms with Crippen LogP contribution in [0.25, 0.3) is 0 Å². The van der Waals surface area contributed by atoms with Gasteiger partial charge < -0.3 is 9.84 Å². The number of esters is 1. The molecule has 22 heavy (non-hydrogen) atoms. The lowest BCUT2D eigenvalue weighted by atomic mass is 9.41. The maximum absolute atomic E-state index is 12.1. The van der Waals surface area contributed by atoms with Gasteiger partial charge in [0.25, 0.3) is 0 Å². The van der Waals surface area contributed by atoms with Crippen molar-refractivity contribution in [2.45, 2.75) is 78.2 Å². The van der Waals surface area contributed by atoms with E-state index in [1.807, 2.05) is 27.7 Å². The van der Waals surface area contributed by atoms with Gasteiger partial charge in [0.05, 0.1) is 18.1 Å². The van der Waals surface area contributed by atoms with Crippen LogP contribution in [0.15, 0.2) is 0 Å². The molecule has 3 atom stereocenters. The zero-order valence-electron chi connectivity index (χ0n) is 14.7. The van der Waals surface area contributed by atoms with E-state index in [0.717, 1.165) is 37.5 Å². The highest BCUT2D eigenvalue weighted by atomic mass is 16.5. The molecule has 0 aromatic heterocycles. The lowest BCUT2D eigenvalue weighted by molar-refractivity contribution is -0.207. The summed E-state index contributed by atoms with van der Waals surface area (Å²) in [5.41, 5.74) is -0.455. The fourth-order valence-corrected chi connectivity index (χ4v) is 5.87. The number of ether oxygens (including phenoxy) is 1. The Kier molecular flexibility index (Phi) is 3.87. The molecular weight excluding hydrogens is 276 g/mol.